The monoisotopic (exact) mass is 980 g/mol. The van der Waals surface area contributed by atoms with Crippen LogP contribution in [0.3, 0.4) is 0 Å². The summed E-state index contributed by atoms with van der Waals surface area (Å²) >= 11 is 0. The van der Waals surface area contributed by atoms with Crippen molar-refractivity contribution >= 4 is 17.9 Å². The minimum absolute atomic E-state index is 0.143. The highest BCUT2D eigenvalue weighted by Gasteiger charge is 2.22. The van der Waals surface area contributed by atoms with Crippen molar-refractivity contribution in [2.24, 2.45) is 0 Å². The van der Waals surface area contributed by atoms with E-state index in [4.69, 9.17) is 18.9 Å². The smallest absolute Gasteiger partial charge is 0.306 e. The first kappa shape index (κ1) is 66.5. The van der Waals surface area contributed by atoms with Gasteiger partial charge in [-0.3, -0.25) is 9.59 Å². The first-order chi connectivity index (χ1) is 34.1. The van der Waals surface area contributed by atoms with Gasteiger partial charge in [0.15, 0.2) is 12.4 Å². The number of nitrogens with zero attached hydrogens (tertiary/aromatic N) is 1. The highest BCUT2D eigenvalue weighted by atomic mass is 16.7. The van der Waals surface area contributed by atoms with E-state index in [1.807, 2.05) is 21.1 Å². The zero-order valence-electron chi connectivity index (χ0n) is 45.6. The number of rotatable bonds is 51. The molecule has 0 aliphatic carbocycles. The average molecular weight is 981 g/mol. The molecule has 0 aliphatic heterocycles. The lowest BCUT2D eigenvalue weighted by Gasteiger charge is -2.26. The number of carbonyl (C=O) groups excluding carboxylic acids is 3. The van der Waals surface area contributed by atoms with Crippen LogP contribution in [0.4, 0.5) is 0 Å². The molecule has 0 heterocycles. The van der Waals surface area contributed by atoms with Crippen LogP contribution in [0, 0.1) is 0 Å². The second kappa shape index (κ2) is 51.8. The number of esters is 2. The number of carboxylic acid groups (broad SMARTS) is 1. The van der Waals surface area contributed by atoms with Crippen molar-refractivity contribution in [3.63, 3.8) is 0 Å². The van der Waals surface area contributed by atoms with Gasteiger partial charge in [-0.05, 0) is 89.9 Å². The number of carbonyl (C=O) groups is 3. The van der Waals surface area contributed by atoms with Crippen LogP contribution >= 0.6 is 0 Å². The number of hydrogen-bond acceptors (Lipinski definition) is 8. The molecular weight excluding hydrogens is 875 g/mol. The van der Waals surface area contributed by atoms with Crippen LogP contribution in [-0.2, 0) is 33.3 Å². The van der Waals surface area contributed by atoms with E-state index < -0.39 is 24.3 Å². The van der Waals surface area contributed by atoms with Crippen molar-refractivity contribution in [1.29, 1.82) is 0 Å². The van der Waals surface area contributed by atoms with Gasteiger partial charge in [-0.2, -0.15) is 0 Å². The second-order valence-electron chi connectivity index (χ2n) is 19.8. The fraction of sp³-hybridized carbons (Fsp3) is 0.721. The molecule has 9 heteroatoms. The standard InChI is InChI=1S/C61H105NO8/c1-6-8-10-12-14-16-18-20-22-23-24-25-26-27-28-29-30-31-32-33-34-35-36-37-38-40-42-44-46-48-50-52-59(64)70-57(56-69-61(60(65)66)67-54-53-62(3,4)5)55-68-58(63)51-49-47-45-43-41-39-21-19-17-15-13-11-9-7-2/h8,10,14,16,19-22,24-25,27-28,30-31,57,61H,6-7,9,11-13,15,17-18,23,26,29,32-56H2,1-5H3/b10-8-,16-14-,21-19-,22-20-,25-24-,28-27-,31-30-. The summed E-state index contributed by atoms with van der Waals surface area (Å²) in [5, 5.41) is 11.8. The Labute approximate surface area is 430 Å². The lowest BCUT2D eigenvalue weighted by atomic mass is 10.0. The van der Waals surface area contributed by atoms with Gasteiger partial charge in [-0.25, -0.2) is 0 Å². The lowest BCUT2D eigenvalue weighted by Crippen LogP contribution is -2.44. The average Bonchev–Trinajstić information content (AvgIpc) is 3.33. The maximum absolute atomic E-state index is 12.8. The quantitative estimate of drug-likeness (QED) is 0.0195. The van der Waals surface area contributed by atoms with Crippen molar-refractivity contribution in [3.8, 4) is 0 Å². The van der Waals surface area contributed by atoms with Gasteiger partial charge in [-0.15, -0.1) is 0 Å². The molecule has 402 valence electrons. The van der Waals surface area contributed by atoms with E-state index in [2.05, 4.69) is 98.9 Å². The highest BCUT2D eigenvalue weighted by Crippen LogP contribution is 2.15. The fourth-order valence-corrected chi connectivity index (χ4v) is 7.53. The highest BCUT2D eigenvalue weighted by molar-refractivity contribution is 5.70. The van der Waals surface area contributed by atoms with Crippen LogP contribution in [0.5, 0.6) is 0 Å². The first-order valence-electron chi connectivity index (χ1n) is 28.2. The van der Waals surface area contributed by atoms with Crippen molar-refractivity contribution in [1.82, 2.24) is 0 Å². The molecule has 70 heavy (non-hydrogen) atoms. The summed E-state index contributed by atoms with van der Waals surface area (Å²) in [6, 6.07) is 0. The van der Waals surface area contributed by atoms with Gasteiger partial charge < -0.3 is 33.3 Å². The molecule has 2 unspecified atom stereocenters. The maximum Gasteiger partial charge on any atom is 0.306 e. The van der Waals surface area contributed by atoms with Gasteiger partial charge in [-0.1, -0.05) is 208 Å². The van der Waals surface area contributed by atoms with E-state index in [9.17, 15) is 19.5 Å². The molecule has 0 fully saturated rings. The molecule has 2 atom stereocenters. The van der Waals surface area contributed by atoms with E-state index in [0.29, 0.717) is 17.4 Å². The maximum atomic E-state index is 12.8. The molecule has 0 aromatic rings. The van der Waals surface area contributed by atoms with E-state index in [-0.39, 0.29) is 38.6 Å². The third kappa shape index (κ3) is 52.3. The lowest BCUT2D eigenvalue weighted by molar-refractivity contribution is -0.870. The largest absolute Gasteiger partial charge is 0.545 e. The summed E-state index contributed by atoms with van der Waals surface area (Å²) in [6.07, 6.45) is 64.9. The van der Waals surface area contributed by atoms with E-state index in [0.717, 1.165) is 96.3 Å². The van der Waals surface area contributed by atoms with Crippen LogP contribution in [0.15, 0.2) is 85.1 Å². The van der Waals surface area contributed by atoms with Crippen LogP contribution in [0.2, 0.25) is 0 Å². The number of carboxylic acids is 1. The molecule has 0 amide bonds. The van der Waals surface area contributed by atoms with Crippen molar-refractivity contribution < 1.29 is 42.9 Å². The molecule has 0 N–H and O–H groups in total. The SMILES string of the molecule is CC/C=C\C/C=C\C/C=C\C/C=C\C/C=C\C/C=C\CCCCCCCCCCCCCCC(=O)OC(COC(=O)CCCCCCC/C=C\CCCCCCC)COC(OCC[N+](C)(C)C)C(=O)[O-]. The summed E-state index contributed by atoms with van der Waals surface area (Å²) in [7, 11) is 5.91. The molecule has 0 saturated heterocycles. The molecule has 0 bridgehead atoms. The van der Waals surface area contributed by atoms with Gasteiger partial charge in [0.2, 0.25) is 0 Å². The summed E-state index contributed by atoms with van der Waals surface area (Å²) in [6.45, 7) is 4.61. The van der Waals surface area contributed by atoms with E-state index in [1.54, 1.807) is 0 Å². The summed E-state index contributed by atoms with van der Waals surface area (Å²) < 4.78 is 22.6. The number of hydrogen-bond donors (Lipinski definition) is 0. The molecular formula is C61H105NO8. The minimum Gasteiger partial charge on any atom is -0.545 e. The predicted molar refractivity (Wildman–Crippen MR) is 292 cm³/mol. The third-order valence-electron chi connectivity index (χ3n) is 11.9. The topological polar surface area (TPSA) is 111 Å². The number of ether oxygens (including phenoxy) is 4. The van der Waals surface area contributed by atoms with Crippen LogP contribution in [0.25, 0.3) is 0 Å². The van der Waals surface area contributed by atoms with Crippen molar-refractivity contribution in [2.75, 3.05) is 47.5 Å². The number of aliphatic carboxylic acids is 1. The summed E-state index contributed by atoms with van der Waals surface area (Å²) in [5.74, 6) is -2.30. The number of quaternary nitrogens is 1. The molecule has 9 nitrogen and oxygen atoms in total. The number of allylic oxidation sites excluding steroid dienone is 14. The van der Waals surface area contributed by atoms with Crippen LogP contribution < -0.4 is 5.11 Å². The predicted octanol–water partition coefficient (Wildman–Crippen LogP) is 15.1. The Kier molecular flexibility index (Phi) is 49.2. The van der Waals surface area contributed by atoms with Gasteiger partial charge in [0.25, 0.3) is 0 Å². The molecule has 0 spiro atoms. The Bertz CT molecular complexity index is 1420. The van der Waals surface area contributed by atoms with Crippen LogP contribution in [0.1, 0.15) is 226 Å². The van der Waals surface area contributed by atoms with Crippen molar-refractivity contribution in [2.45, 2.75) is 238 Å². The summed E-state index contributed by atoms with van der Waals surface area (Å²) in [4.78, 5) is 37.2. The molecule has 0 saturated carbocycles. The van der Waals surface area contributed by atoms with Gasteiger partial charge >= 0.3 is 11.9 Å². The minimum atomic E-state index is -1.63. The third-order valence-corrected chi connectivity index (χ3v) is 11.9. The second-order valence-corrected chi connectivity index (χ2v) is 19.8. The van der Waals surface area contributed by atoms with Gasteiger partial charge in [0, 0.05) is 12.8 Å². The van der Waals surface area contributed by atoms with E-state index in [1.165, 1.54) is 96.3 Å². The molecule has 0 aromatic heterocycles. The van der Waals surface area contributed by atoms with Gasteiger partial charge in [0.1, 0.15) is 13.2 Å². The van der Waals surface area contributed by atoms with Gasteiger partial charge in [0.05, 0.1) is 40.3 Å². The Morgan fingerprint density at radius 3 is 1.23 bits per heavy atom. The normalized spacial score (nSPS) is 13.4. The number of unbranched alkanes of at least 4 members (excludes halogenated alkanes) is 22. The molecule has 0 rings (SSSR count). The Balaban J connectivity index is 4.20. The zero-order valence-corrected chi connectivity index (χ0v) is 45.6. The molecule has 0 radical (unpaired) electrons. The fourth-order valence-electron chi connectivity index (χ4n) is 7.53. The van der Waals surface area contributed by atoms with Crippen molar-refractivity contribution in [3.05, 3.63) is 85.1 Å². The van der Waals surface area contributed by atoms with E-state index >= 15 is 0 Å². The summed E-state index contributed by atoms with van der Waals surface area (Å²) in [5.41, 5.74) is 0. The Morgan fingerprint density at radius 1 is 0.443 bits per heavy atom. The molecule has 0 aliphatic rings. The zero-order chi connectivity index (χ0) is 51.3. The van der Waals surface area contributed by atoms with Crippen LogP contribution in [-0.4, -0.2) is 82.3 Å². The Morgan fingerprint density at radius 2 is 0.814 bits per heavy atom. The molecule has 0 aromatic carbocycles. The first-order valence-corrected chi connectivity index (χ1v) is 28.2. The Hall–Kier alpha value is -3.53. The number of likely N-dealkylation sites (N-methyl/N-ethyl adjacent to an activating group) is 1.